The van der Waals surface area contributed by atoms with Gasteiger partial charge in [-0.25, -0.2) is 9.59 Å². The lowest BCUT2D eigenvalue weighted by Gasteiger charge is -2.08. The Labute approximate surface area is 136 Å². The van der Waals surface area contributed by atoms with Crippen LogP contribution >= 0.6 is 0 Å². The van der Waals surface area contributed by atoms with Crippen molar-refractivity contribution in [3.05, 3.63) is 42.5 Å². The summed E-state index contributed by atoms with van der Waals surface area (Å²) in [4.78, 5) is 21.8. The van der Waals surface area contributed by atoms with Gasteiger partial charge in [0.25, 0.3) is 0 Å². The van der Waals surface area contributed by atoms with Gasteiger partial charge in [0.2, 0.25) is 0 Å². The van der Waals surface area contributed by atoms with Gasteiger partial charge in [-0.1, -0.05) is 44.4 Å². The zero-order valence-corrected chi connectivity index (χ0v) is 13.3. The highest BCUT2D eigenvalue weighted by molar-refractivity contribution is 5.90. The molecule has 0 aromatic heterocycles. The largest absolute Gasteiger partial charge is 0.493 e. The Morgan fingerprint density at radius 3 is 2.26 bits per heavy atom. The van der Waals surface area contributed by atoms with Gasteiger partial charge in [0.1, 0.15) is 11.3 Å². The summed E-state index contributed by atoms with van der Waals surface area (Å²) in [5, 5.41) is 9.04. The van der Waals surface area contributed by atoms with E-state index >= 15 is 0 Å². The van der Waals surface area contributed by atoms with Gasteiger partial charge in [0, 0.05) is 6.08 Å². The SMILES string of the molecule is C=CC(=O)OCCCCCCCCOc1ccccc1C(=O)O. The van der Waals surface area contributed by atoms with E-state index in [1.807, 2.05) is 0 Å². The van der Waals surface area contributed by atoms with Crippen molar-refractivity contribution in [2.75, 3.05) is 13.2 Å². The Kier molecular flexibility index (Phi) is 9.20. The monoisotopic (exact) mass is 320 g/mol. The molecule has 0 atom stereocenters. The first-order chi connectivity index (χ1) is 11.1. The normalized spacial score (nSPS) is 10.1. The van der Waals surface area contributed by atoms with Crippen LogP contribution < -0.4 is 4.74 Å². The summed E-state index contributed by atoms with van der Waals surface area (Å²) in [7, 11) is 0. The smallest absolute Gasteiger partial charge is 0.339 e. The van der Waals surface area contributed by atoms with Gasteiger partial charge >= 0.3 is 11.9 Å². The minimum absolute atomic E-state index is 0.196. The number of para-hydroxylation sites is 1. The number of rotatable bonds is 12. The van der Waals surface area contributed by atoms with Crippen LogP contribution in [0, 0.1) is 0 Å². The molecular weight excluding hydrogens is 296 g/mol. The Balaban J connectivity index is 2.03. The van der Waals surface area contributed by atoms with Crippen molar-refractivity contribution in [2.24, 2.45) is 0 Å². The van der Waals surface area contributed by atoms with Crippen LogP contribution in [0.3, 0.4) is 0 Å². The first-order valence-electron chi connectivity index (χ1n) is 7.89. The highest BCUT2D eigenvalue weighted by Gasteiger charge is 2.09. The van der Waals surface area contributed by atoms with Crippen LogP contribution in [0.25, 0.3) is 0 Å². The van der Waals surface area contributed by atoms with Gasteiger partial charge in [-0.3, -0.25) is 0 Å². The fourth-order valence-electron chi connectivity index (χ4n) is 2.09. The Bertz CT molecular complexity index is 510. The Hall–Kier alpha value is -2.30. The molecule has 126 valence electrons. The van der Waals surface area contributed by atoms with E-state index in [0.717, 1.165) is 38.5 Å². The van der Waals surface area contributed by atoms with Gasteiger partial charge in [0.15, 0.2) is 0 Å². The van der Waals surface area contributed by atoms with Crippen molar-refractivity contribution in [3.63, 3.8) is 0 Å². The highest BCUT2D eigenvalue weighted by atomic mass is 16.5. The van der Waals surface area contributed by atoms with E-state index in [1.54, 1.807) is 18.2 Å². The van der Waals surface area contributed by atoms with Crippen molar-refractivity contribution in [2.45, 2.75) is 38.5 Å². The third kappa shape index (κ3) is 8.04. The second-order valence-corrected chi connectivity index (χ2v) is 5.14. The first kappa shape index (κ1) is 18.7. The van der Waals surface area contributed by atoms with Crippen molar-refractivity contribution >= 4 is 11.9 Å². The summed E-state index contributed by atoms with van der Waals surface area (Å²) in [5.74, 6) is -0.925. The van der Waals surface area contributed by atoms with Crippen molar-refractivity contribution in [1.29, 1.82) is 0 Å². The number of carboxylic acid groups (broad SMARTS) is 1. The number of hydrogen-bond donors (Lipinski definition) is 1. The standard InChI is InChI=1S/C18H24O5/c1-2-17(19)23-14-10-6-4-3-5-9-13-22-16-12-8-7-11-15(16)18(20)21/h2,7-8,11-12H,1,3-6,9-10,13-14H2,(H,20,21). The van der Waals surface area contributed by atoms with E-state index < -0.39 is 5.97 Å². The van der Waals surface area contributed by atoms with E-state index in [2.05, 4.69) is 6.58 Å². The lowest BCUT2D eigenvalue weighted by atomic mass is 10.1. The Morgan fingerprint density at radius 2 is 1.61 bits per heavy atom. The van der Waals surface area contributed by atoms with Crippen molar-refractivity contribution < 1.29 is 24.2 Å². The number of hydrogen-bond acceptors (Lipinski definition) is 4. The predicted octanol–water partition coefficient (Wildman–Crippen LogP) is 3.83. The van der Waals surface area contributed by atoms with Gasteiger partial charge in [-0.2, -0.15) is 0 Å². The second-order valence-electron chi connectivity index (χ2n) is 5.14. The molecule has 1 N–H and O–H groups in total. The molecule has 5 heteroatoms. The van der Waals surface area contributed by atoms with Crippen LogP contribution in [0.4, 0.5) is 0 Å². The van der Waals surface area contributed by atoms with Gasteiger partial charge < -0.3 is 14.6 Å². The molecule has 0 saturated heterocycles. The van der Waals surface area contributed by atoms with Gasteiger partial charge in [-0.15, -0.1) is 0 Å². The summed E-state index contributed by atoms with van der Waals surface area (Å²) in [6, 6.07) is 6.66. The number of benzene rings is 1. The first-order valence-corrected chi connectivity index (χ1v) is 7.89. The summed E-state index contributed by atoms with van der Waals surface area (Å²) in [6.45, 7) is 4.29. The summed E-state index contributed by atoms with van der Waals surface area (Å²) in [5.41, 5.74) is 0.196. The predicted molar refractivity (Wildman–Crippen MR) is 87.8 cm³/mol. The number of carboxylic acids is 1. The second kappa shape index (κ2) is 11.3. The third-order valence-corrected chi connectivity index (χ3v) is 3.32. The molecule has 0 aliphatic carbocycles. The minimum Gasteiger partial charge on any atom is -0.493 e. The molecular formula is C18H24O5. The van der Waals surface area contributed by atoms with Crippen LogP contribution in [-0.2, 0) is 9.53 Å². The van der Waals surface area contributed by atoms with Crippen LogP contribution in [0.15, 0.2) is 36.9 Å². The molecule has 1 aromatic rings. The van der Waals surface area contributed by atoms with Crippen LogP contribution in [0.1, 0.15) is 48.9 Å². The number of unbranched alkanes of at least 4 members (excludes halogenated alkanes) is 5. The maximum absolute atomic E-state index is 11.0. The van der Waals surface area contributed by atoms with Crippen molar-refractivity contribution in [1.82, 2.24) is 0 Å². The van der Waals surface area contributed by atoms with Gasteiger partial charge in [-0.05, 0) is 25.0 Å². The quantitative estimate of drug-likeness (QED) is 0.360. The number of esters is 1. The van der Waals surface area contributed by atoms with Crippen LogP contribution in [0.5, 0.6) is 5.75 Å². The van der Waals surface area contributed by atoms with E-state index in [1.165, 1.54) is 12.1 Å². The summed E-state index contributed by atoms with van der Waals surface area (Å²) >= 11 is 0. The summed E-state index contributed by atoms with van der Waals surface area (Å²) < 4.78 is 10.4. The zero-order chi connectivity index (χ0) is 16.9. The molecule has 5 nitrogen and oxygen atoms in total. The molecule has 0 amide bonds. The molecule has 0 aliphatic rings. The van der Waals surface area contributed by atoms with Crippen LogP contribution in [0.2, 0.25) is 0 Å². The number of ether oxygens (including phenoxy) is 2. The molecule has 0 heterocycles. The van der Waals surface area contributed by atoms with E-state index in [0.29, 0.717) is 19.0 Å². The molecule has 0 spiro atoms. The topological polar surface area (TPSA) is 72.8 Å². The number of aromatic carboxylic acids is 1. The van der Waals surface area contributed by atoms with Crippen molar-refractivity contribution in [3.8, 4) is 5.75 Å². The molecule has 1 rings (SSSR count). The lowest BCUT2D eigenvalue weighted by molar-refractivity contribution is -0.137. The fourth-order valence-corrected chi connectivity index (χ4v) is 2.09. The fraction of sp³-hybridized carbons (Fsp3) is 0.444. The van der Waals surface area contributed by atoms with E-state index in [-0.39, 0.29) is 11.5 Å². The van der Waals surface area contributed by atoms with E-state index in [4.69, 9.17) is 14.6 Å². The maximum atomic E-state index is 11.0. The highest BCUT2D eigenvalue weighted by Crippen LogP contribution is 2.18. The molecule has 0 bridgehead atoms. The molecule has 0 radical (unpaired) electrons. The zero-order valence-electron chi connectivity index (χ0n) is 13.3. The Morgan fingerprint density at radius 1 is 1.00 bits per heavy atom. The molecule has 0 saturated carbocycles. The minimum atomic E-state index is -0.974. The lowest BCUT2D eigenvalue weighted by Crippen LogP contribution is -2.04. The maximum Gasteiger partial charge on any atom is 0.339 e. The number of carbonyl (C=O) groups is 2. The third-order valence-electron chi connectivity index (χ3n) is 3.32. The average molecular weight is 320 g/mol. The van der Waals surface area contributed by atoms with Gasteiger partial charge in [0.05, 0.1) is 13.2 Å². The molecule has 0 aliphatic heterocycles. The molecule has 23 heavy (non-hydrogen) atoms. The number of carbonyl (C=O) groups excluding carboxylic acids is 1. The van der Waals surface area contributed by atoms with Crippen LogP contribution in [-0.4, -0.2) is 30.3 Å². The molecule has 0 fully saturated rings. The molecule has 1 aromatic carbocycles. The molecule has 0 unspecified atom stereocenters. The average Bonchev–Trinajstić information content (AvgIpc) is 2.56. The summed E-state index contributed by atoms with van der Waals surface area (Å²) in [6.07, 6.45) is 7.13. The van der Waals surface area contributed by atoms with E-state index in [9.17, 15) is 9.59 Å².